The third-order valence-electron chi connectivity index (χ3n) is 4.61. The summed E-state index contributed by atoms with van der Waals surface area (Å²) in [4.78, 5) is 5.01. The van der Waals surface area contributed by atoms with E-state index in [2.05, 4.69) is 72.7 Å². The van der Waals surface area contributed by atoms with Gasteiger partial charge in [0.1, 0.15) is 5.75 Å². The molecule has 1 aromatic carbocycles. The van der Waals surface area contributed by atoms with Crippen LogP contribution in [0.4, 0.5) is 0 Å². The molecule has 0 spiro atoms. The van der Waals surface area contributed by atoms with E-state index in [-0.39, 0.29) is 10.8 Å². The fourth-order valence-electron chi connectivity index (χ4n) is 3.20. The minimum absolute atomic E-state index is 0.0355. The highest BCUT2D eigenvalue weighted by Gasteiger charge is 2.24. The molecule has 2 rings (SSSR count). The molecule has 0 atom stereocenters. The summed E-state index contributed by atoms with van der Waals surface area (Å²) in [5.74, 6) is 0.928. The fourth-order valence-corrected chi connectivity index (χ4v) is 3.20. The molecular weight excluding hydrogens is 294 g/mol. The highest BCUT2D eigenvalue weighted by molar-refractivity contribution is 5.81. The van der Waals surface area contributed by atoms with Crippen LogP contribution in [0.1, 0.15) is 79.0 Å². The lowest BCUT2D eigenvalue weighted by atomic mass is 9.80. The summed E-state index contributed by atoms with van der Waals surface area (Å²) in [7, 11) is 0. The maximum atomic E-state index is 5.99. The normalized spacial score (nSPS) is 12.6. The van der Waals surface area contributed by atoms with Crippen molar-refractivity contribution in [2.24, 2.45) is 0 Å². The molecule has 0 saturated heterocycles. The lowest BCUT2D eigenvalue weighted by Gasteiger charge is -2.26. The quantitative estimate of drug-likeness (QED) is 0.612. The number of nitrogens with zero attached hydrogens (tertiary/aromatic N) is 1. The molecule has 0 aliphatic heterocycles. The Hall–Kier alpha value is -1.57. The summed E-state index contributed by atoms with van der Waals surface area (Å²) in [5.41, 5.74) is 3.64. The van der Waals surface area contributed by atoms with E-state index in [1.54, 1.807) is 0 Å². The topological polar surface area (TPSA) is 22.1 Å². The van der Waals surface area contributed by atoms with E-state index >= 15 is 0 Å². The number of fused-ring (bicyclic) bond motifs is 1. The molecule has 1 aromatic heterocycles. The number of pyridine rings is 1. The molecule has 0 radical (unpaired) electrons. The van der Waals surface area contributed by atoms with Crippen LogP contribution in [0.2, 0.25) is 0 Å². The monoisotopic (exact) mass is 327 g/mol. The summed E-state index contributed by atoms with van der Waals surface area (Å²) in [6.45, 7) is 16.4. The van der Waals surface area contributed by atoms with Gasteiger partial charge in [-0.2, -0.15) is 0 Å². The standard InChI is InChI=1S/C22H33NO/c1-8-12-22(6,7)17-11-10-16-14-19(24-13-9-2)20(21(3,4)5)23-18(16)15-17/h10-11,14-15H,8-9,12-13H2,1-7H3. The van der Waals surface area contributed by atoms with Gasteiger partial charge in [-0.25, -0.2) is 4.98 Å². The maximum Gasteiger partial charge on any atom is 0.141 e. The Morgan fingerprint density at radius 3 is 2.25 bits per heavy atom. The molecule has 2 aromatic rings. The molecule has 0 unspecified atom stereocenters. The SMILES string of the molecule is CCCOc1cc2ccc(C(C)(C)CCC)cc2nc1C(C)(C)C. The predicted octanol–water partition coefficient (Wildman–Crippen LogP) is 6.40. The zero-order valence-corrected chi connectivity index (χ0v) is 16.5. The summed E-state index contributed by atoms with van der Waals surface area (Å²) < 4.78 is 5.99. The van der Waals surface area contributed by atoms with Gasteiger partial charge >= 0.3 is 0 Å². The molecule has 0 saturated carbocycles. The van der Waals surface area contributed by atoms with E-state index in [4.69, 9.17) is 9.72 Å². The van der Waals surface area contributed by atoms with Gasteiger partial charge in [0.05, 0.1) is 17.8 Å². The highest BCUT2D eigenvalue weighted by Crippen LogP contribution is 2.35. The van der Waals surface area contributed by atoms with Crippen LogP contribution >= 0.6 is 0 Å². The first-order valence-electron chi connectivity index (χ1n) is 9.27. The van der Waals surface area contributed by atoms with Crippen molar-refractivity contribution in [3.05, 3.63) is 35.5 Å². The average molecular weight is 328 g/mol. The van der Waals surface area contributed by atoms with Gasteiger partial charge in [0.15, 0.2) is 0 Å². The molecule has 24 heavy (non-hydrogen) atoms. The molecule has 0 N–H and O–H groups in total. The van der Waals surface area contributed by atoms with Crippen LogP contribution in [0.15, 0.2) is 24.3 Å². The predicted molar refractivity (Wildman–Crippen MR) is 104 cm³/mol. The zero-order chi connectivity index (χ0) is 18.0. The van der Waals surface area contributed by atoms with Crippen molar-refractivity contribution in [2.75, 3.05) is 6.61 Å². The van der Waals surface area contributed by atoms with Crippen LogP contribution in [0.5, 0.6) is 5.75 Å². The fraction of sp³-hybridized carbons (Fsp3) is 0.591. The van der Waals surface area contributed by atoms with Crippen LogP contribution in [-0.4, -0.2) is 11.6 Å². The van der Waals surface area contributed by atoms with Gasteiger partial charge in [0.25, 0.3) is 0 Å². The molecule has 0 aliphatic rings. The molecule has 0 bridgehead atoms. The van der Waals surface area contributed by atoms with Crippen molar-refractivity contribution in [1.82, 2.24) is 4.98 Å². The van der Waals surface area contributed by atoms with E-state index in [1.165, 1.54) is 18.4 Å². The number of benzene rings is 1. The third kappa shape index (κ3) is 4.09. The number of hydrogen-bond acceptors (Lipinski definition) is 2. The second-order valence-electron chi connectivity index (χ2n) is 8.47. The van der Waals surface area contributed by atoms with Crippen molar-refractivity contribution in [3.63, 3.8) is 0 Å². The van der Waals surface area contributed by atoms with Gasteiger partial charge in [-0.05, 0) is 36.0 Å². The number of aromatic nitrogens is 1. The van der Waals surface area contributed by atoms with Gasteiger partial charge in [0, 0.05) is 10.8 Å². The van der Waals surface area contributed by atoms with Gasteiger partial charge in [-0.3, -0.25) is 0 Å². The second kappa shape index (κ2) is 7.13. The van der Waals surface area contributed by atoms with Crippen molar-refractivity contribution in [1.29, 1.82) is 0 Å². The Labute approximate surface area is 147 Å². The molecule has 2 nitrogen and oxygen atoms in total. The van der Waals surface area contributed by atoms with Gasteiger partial charge in [-0.15, -0.1) is 0 Å². The highest BCUT2D eigenvalue weighted by atomic mass is 16.5. The molecule has 0 amide bonds. The molecule has 1 heterocycles. The molecular formula is C22H33NO. The van der Waals surface area contributed by atoms with E-state index in [0.29, 0.717) is 0 Å². The zero-order valence-electron chi connectivity index (χ0n) is 16.5. The molecule has 2 heteroatoms. The molecule has 0 aliphatic carbocycles. The van der Waals surface area contributed by atoms with E-state index in [1.807, 2.05) is 0 Å². The minimum Gasteiger partial charge on any atom is -0.492 e. The van der Waals surface area contributed by atoms with Crippen LogP contribution < -0.4 is 4.74 Å². The van der Waals surface area contributed by atoms with Crippen molar-refractivity contribution in [2.45, 2.75) is 78.6 Å². The van der Waals surface area contributed by atoms with Gasteiger partial charge < -0.3 is 4.74 Å². The Balaban J connectivity index is 2.57. The largest absolute Gasteiger partial charge is 0.492 e. The lowest BCUT2D eigenvalue weighted by Crippen LogP contribution is -2.18. The van der Waals surface area contributed by atoms with E-state index in [9.17, 15) is 0 Å². The van der Waals surface area contributed by atoms with Crippen LogP contribution in [0.3, 0.4) is 0 Å². The first-order valence-corrected chi connectivity index (χ1v) is 9.27. The minimum atomic E-state index is -0.0355. The smallest absolute Gasteiger partial charge is 0.141 e. The third-order valence-corrected chi connectivity index (χ3v) is 4.61. The Kier molecular flexibility index (Phi) is 5.57. The second-order valence-corrected chi connectivity index (χ2v) is 8.47. The molecule has 0 fully saturated rings. The van der Waals surface area contributed by atoms with Gasteiger partial charge in [-0.1, -0.05) is 67.0 Å². The van der Waals surface area contributed by atoms with E-state index < -0.39 is 0 Å². The number of rotatable bonds is 6. The van der Waals surface area contributed by atoms with Crippen LogP contribution in [-0.2, 0) is 10.8 Å². The van der Waals surface area contributed by atoms with Crippen LogP contribution in [0.25, 0.3) is 10.9 Å². The van der Waals surface area contributed by atoms with Crippen molar-refractivity contribution >= 4 is 10.9 Å². The summed E-state index contributed by atoms with van der Waals surface area (Å²) >= 11 is 0. The van der Waals surface area contributed by atoms with Gasteiger partial charge in [0.2, 0.25) is 0 Å². The Bertz CT molecular complexity index is 695. The lowest BCUT2D eigenvalue weighted by molar-refractivity contribution is 0.306. The summed E-state index contributed by atoms with van der Waals surface area (Å²) in [5, 5.41) is 1.16. The van der Waals surface area contributed by atoms with Crippen LogP contribution in [0, 0.1) is 0 Å². The summed E-state index contributed by atoms with van der Waals surface area (Å²) in [6, 6.07) is 8.87. The first kappa shape index (κ1) is 18.8. The number of ether oxygens (including phenoxy) is 1. The number of hydrogen-bond donors (Lipinski definition) is 0. The Morgan fingerprint density at radius 1 is 0.958 bits per heavy atom. The Morgan fingerprint density at radius 2 is 1.67 bits per heavy atom. The first-order chi connectivity index (χ1) is 11.2. The maximum absolute atomic E-state index is 5.99. The summed E-state index contributed by atoms with van der Waals surface area (Å²) in [6.07, 6.45) is 3.38. The van der Waals surface area contributed by atoms with E-state index in [0.717, 1.165) is 35.4 Å². The van der Waals surface area contributed by atoms with Crippen molar-refractivity contribution < 1.29 is 4.74 Å². The molecule has 132 valence electrons. The van der Waals surface area contributed by atoms with Crippen molar-refractivity contribution in [3.8, 4) is 5.75 Å². The average Bonchev–Trinajstić information content (AvgIpc) is 2.50.